The van der Waals surface area contributed by atoms with E-state index in [-0.39, 0.29) is 12.0 Å². The molecule has 0 amide bonds. The van der Waals surface area contributed by atoms with Crippen LogP contribution in [-0.4, -0.2) is 34.8 Å². The number of benzene rings is 1. The van der Waals surface area contributed by atoms with Crippen LogP contribution < -0.4 is 0 Å². The highest BCUT2D eigenvalue weighted by molar-refractivity contribution is 5.15. The molecule has 1 atom stereocenters. The lowest BCUT2D eigenvalue weighted by Crippen LogP contribution is -2.39. The summed E-state index contributed by atoms with van der Waals surface area (Å²) >= 11 is 0. The van der Waals surface area contributed by atoms with E-state index in [1.807, 2.05) is 6.07 Å². The lowest BCUT2D eigenvalue weighted by Gasteiger charge is -2.33. The fourth-order valence-corrected chi connectivity index (χ4v) is 2.50. The van der Waals surface area contributed by atoms with E-state index in [1.165, 1.54) is 5.56 Å². The van der Waals surface area contributed by atoms with Crippen molar-refractivity contribution in [2.45, 2.75) is 32.4 Å². The average Bonchev–Trinajstić information content (AvgIpc) is 2.99. The van der Waals surface area contributed by atoms with Crippen molar-refractivity contribution in [1.29, 1.82) is 0 Å². The third kappa shape index (κ3) is 3.31. The zero-order valence-corrected chi connectivity index (χ0v) is 12.5. The monoisotopic (exact) mass is 287 g/mol. The summed E-state index contributed by atoms with van der Waals surface area (Å²) in [6.07, 6.45) is 0. The molecule has 1 fully saturated rings. The zero-order chi connectivity index (χ0) is 14.7. The quantitative estimate of drug-likeness (QED) is 0.865. The highest BCUT2D eigenvalue weighted by Gasteiger charge is 2.29. The molecule has 0 aliphatic carbocycles. The van der Waals surface area contributed by atoms with E-state index in [4.69, 9.17) is 9.26 Å². The van der Waals surface area contributed by atoms with Gasteiger partial charge in [0.05, 0.1) is 19.3 Å². The highest BCUT2D eigenvalue weighted by atomic mass is 16.5. The Kier molecular flexibility index (Phi) is 4.31. The molecule has 1 aliphatic rings. The molecule has 1 aromatic carbocycles. The van der Waals surface area contributed by atoms with Crippen LogP contribution in [0.15, 0.2) is 34.9 Å². The van der Waals surface area contributed by atoms with Crippen molar-refractivity contribution in [3.8, 4) is 0 Å². The predicted molar refractivity (Wildman–Crippen MR) is 78.8 cm³/mol. The Hall–Kier alpha value is -1.72. The molecule has 1 aromatic heterocycles. The van der Waals surface area contributed by atoms with Crippen molar-refractivity contribution in [3.63, 3.8) is 0 Å². The van der Waals surface area contributed by atoms with E-state index in [1.54, 1.807) is 0 Å². The highest BCUT2D eigenvalue weighted by Crippen LogP contribution is 2.25. The molecule has 5 nitrogen and oxygen atoms in total. The molecule has 21 heavy (non-hydrogen) atoms. The maximum absolute atomic E-state index is 5.61. The molecule has 2 heterocycles. The minimum atomic E-state index is 0.0650. The first-order valence-corrected chi connectivity index (χ1v) is 7.43. The molecule has 0 N–H and O–H groups in total. The molecule has 112 valence electrons. The summed E-state index contributed by atoms with van der Waals surface area (Å²) in [5.41, 5.74) is 1.29. The third-order valence-electron chi connectivity index (χ3n) is 3.72. The van der Waals surface area contributed by atoms with E-state index in [2.05, 4.69) is 53.2 Å². The van der Waals surface area contributed by atoms with Gasteiger partial charge in [0.2, 0.25) is 5.89 Å². The Bertz CT molecular complexity index is 568. The van der Waals surface area contributed by atoms with E-state index in [0.29, 0.717) is 12.5 Å². The van der Waals surface area contributed by atoms with Gasteiger partial charge in [0, 0.05) is 19.0 Å². The van der Waals surface area contributed by atoms with E-state index in [0.717, 1.165) is 25.5 Å². The number of ether oxygens (including phenoxy) is 1. The second-order valence-corrected chi connectivity index (χ2v) is 5.69. The first-order chi connectivity index (χ1) is 10.2. The minimum absolute atomic E-state index is 0.0650. The van der Waals surface area contributed by atoms with Crippen LogP contribution in [0.25, 0.3) is 0 Å². The number of nitrogens with zero attached hydrogens (tertiary/aromatic N) is 3. The second-order valence-electron chi connectivity index (χ2n) is 5.69. The maximum atomic E-state index is 5.61. The molecule has 2 aromatic rings. The predicted octanol–water partition coefficient (Wildman–Crippen LogP) is 2.77. The topological polar surface area (TPSA) is 51.4 Å². The molecule has 0 saturated carbocycles. The summed E-state index contributed by atoms with van der Waals surface area (Å²) in [5.74, 6) is 1.67. The van der Waals surface area contributed by atoms with Gasteiger partial charge in [0.25, 0.3) is 0 Å². The van der Waals surface area contributed by atoms with Gasteiger partial charge in [-0.2, -0.15) is 4.98 Å². The Morgan fingerprint density at radius 3 is 2.81 bits per heavy atom. The molecular weight excluding hydrogens is 266 g/mol. The molecule has 0 radical (unpaired) electrons. The van der Waals surface area contributed by atoms with Crippen LogP contribution in [0.4, 0.5) is 0 Å². The minimum Gasteiger partial charge on any atom is -0.378 e. The van der Waals surface area contributed by atoms with Gasteiger partial charge in [0.15, 0.2) is 5.82 Å². The van der Waals surface area contributed by atoms with Gasteiger partial charge in [0.1, 0.15) is 0 Å². The van der Waals surface area contributed by atoms with E-state index >= 15 is 0 Å². The Labute approximate surface area is 124 Å². The van der Waals surface area contributed by atoms with E-state index < -0.39 is 0 Å². The van der Waals surface area contributed by atoms with Crippen LogP contribution in [0.2, 0.25) is 0 Å². The fraction of sp³-hybridized carbons (Fsp3) is 0.500. The number of morpholine rings is 1. The van der Waals surface area contributed by atoms with Gasteiger partial charge >= 0.3 is 0 Å². The van der Waals surface area contributed by atoms with Crippen molar-refractivity contribution in [2.24, 2.45) is 0 Å². The second kappa shape index (κ2) is 6.37. The van der Waals surface area contributed by atoms with Crippen molar-refractivity contribution >= 4 is 0 Å². The first-order valence-electron chi connectivity index (χ1n) is 7.43. The standard InChI is InChI=1S/C16H21N3O2/c1-12(2)16-17-15(18-21-16)14-11-20-9-8-19(14)10-13-6-4-3-5-7-13/h3-7,12,14H,8-11H2,1-2H3. The van der Waals surface area contributed by atoms with Crippen LogP contribution in [0.1, 0.15) is 43.1 Å². The lowest BCUT2D eigenvalue weighted by molar-refractivity contribution is -0.0166. The largest absolute Gasteiger partial charge is 0.378 e. The number of hydrogen-bond donors (Lipinski definition) is 0. The van der Waals surface area contributed by atoms with Crippen LogP contribution in [-0.2, 0) is 11.3 Å². The van der Waals surface area contributed by atoms with Crippen LogP contribution >= 0.6 is 0 Å². The molecule has 1 saturated heterocycles. The smallest absolute Gasteiger partial charge is 0.229 e. The average molecular weight is 287 g/mol. The lowest BCUT2D eigenvalue weighted by atomic mass is 10.1. The summed E-state index contributed by atoms with van der Waals surface area (Å²) in [5, 5.41) is 4.15. The molecule has 1 aliphatic heterocycles. The summed E-state index contributed by atoms with van der Waals surface area (Å²) < 4.78 is 10.9. The fourth-order valence-electron chi connectivity index (χ4n) is 2.50. The van der Waals surface area contributed by atoms with Crippen molar-refractivity contribution < 1.29 is 9.26 Å². The normalized spacial score (nSPS) is 20.0. The molecule has 5 heteroatoms. The molecular formula is C16H21N3O2. The third-order valence-corrected chi connectivity index (χ3v) is 3.72. The van der Waals surface area contributed by atoms with Crippen LogP contribution in [0.3, 0.4) is 0 Å². The van der Waals surface area contributed by atoms with Crippen molar-refractivity contribution in [2.75, 3.05) is 19.8 Å². The molecule has 0 spiro atoms. The summed E-state index contributed by atoms with van der Waals surface area (Å²) in [6.45, 7) is 7.22. The maximum Gasteiger partial charge on any atom is 0.229 e. The van der Waals surface area contributed by atoms with Crippen molar-refractivity contribution in [1.82, 2.24) is 15.0 Å². The Morgan fingerprint density at radius 1 is 1.29 bits per heavy atom. The number of aromatic nitrogens is 2. The molecule has 3 rings (SSSR count). The van der Waals surface area contributed by atoms with Gasteiger partial charge in [-0.1, -0.05) is 49.3 Å². The summed E-state index contributed by atoms with van der Waals surface area (Å²) in [6, 6.07) is 10.5. The number of hydrogen-bond acceptors (Lipinski definition) is 5. The molecule has 1 unspecified atom stereocenters. The van der Waals surface area contributed by atoms with Crippen LogP contribution in [0.5, 0.6) is 0 Å². The van der Waals surface area contributed by atoms with Crippen molar-refractivity contribution in [3.05, 3.63) is 47.6 Å². The van der Waals surface area contributed by atoms with Crippen LogP contribution in [0, 0.1) is 0 Å². The Balaban J connectivity index is 1.77. The van der Waals surface area contributed by atoms with Gasteiger partial charge in [-0.3, -0.25) is 4.90 Å². The number of rotatable bonds is 4. The summed E-state index contributed by atoms with van der Waals surface area (Å²) in [4.78, 5) is 6.88. The van der Waals surface area contributed by atoms with Gasteiger partial charge in [-0.25, -0.2) is 0 Å². The van der Waals surface area contributed by atoms with E-state index in [9.17, 15) is 0 Å². The molecule has 0 bridgehead atoms. The zero-order valence-electron chi connectivity index (χ0n) is 12.5. The SMILES string of the molecule is CC(C)c1nc(C2COCCN2Cc2ccccc2)no1. The van der Waals surface area contributed by atoms with Gasteiger partial charge < -0.3 is 9.26 Å². The first kappa shape index (κ1) is 14.2. The van der Waals surface area contributed by atoms with Gasteiger partial charge in [-0.05, 0) is 5.56 Å². The summed E-state index contributed by atoms with van der Waals surface area (Å²) in [7, 11) is 0. The Morgan fingerprint density at radius 2 is 2.10 bits per heavy atom. The van der Waals surface area contributed by atoms with Gasteiger partial charge in [-0.15, -0.1) is 0 Å².